The second-order valence-corrected chi connectivity index (χ2v) is 6.75. The summed E-state index contributed by atoms with van der Waals surface area (Å²) in [6, 6.07) is 3.99. The number of ether oxygens (including phenoxy) is 2. The van der Waals surface area contributed by atoms with Crippen LogP contribution in [0.4, 0.5) is 5.82 Å². The number of aliphatic imine (C=N–C) groups is 1. The SMILES string of the molecule is CN1CN=C(N2CCOCC2)N(N2CCOCC2)C1c1ccnc(N)c1. The summed E-state index contributed by atoms with van der Waals surface area (Å²) in [5, 5.41) is 4.65. The average molecular weight is 361 g/mol. The molecule has 9 nitrogen and oxygen atoms in total. The monoisotopic (exact) mass is 361 g/mol. The Kier molecular flexibility index (Phi) is 5.21. The van der Waals surface area contributed by atoms with Crippen molar-refractivity contribution >= 4 is 11.8 Å². The van der Waals surface area contributed by atoms with E-state index in [1.165, 1.54) is 0 Å². The van der Waals surface area contributed by atoms with Gasteiger partial charge < -0.3 is 20.1 Å². The highest BCUT2D eigenvalue weighted by atomic mass is 16.5. The lowest BCUT2D eigenvalue weighted by Crippen LogP contribution is -2.63. The third kappa shape index (κ3) is 3.48. The largest absolute Gasteiger partial charge is 0.384 e. The van der Waals surface area contributed by atoms with Crippen molar-refractivity contribution in [2.45, 2.75) is 6.17 Å². The highest BCUT2D eigenvalue weighted by Crippen LogP contribution is 2.31. The van der Waals surface area contributed by atoms with Crippen molar-refractivity contribution in [3.05, 3.63) is 23.9 Å². The van der Waals surface area contributed by atoms with E-state index in [1.54, 1.807) is 6.20 Å². The Morgan fingerprint density at radius 3 is 2.46 bits per heavy atom. The minimum Gasteiger partial charge on any atom is -0.384 e. The zero-order chi connectivity index (χ0) is 17.9. The molecule has 2 N–H and O–H groups in total. The van der Waals surface area contributed by atoms with Crippen LogP contribution in [0.15, 0.2) is 23.3 Å². The molecule has 4 rings (SSSR count). The molecule has 0 saturated carbocycles. The summed E-state index contributed by atoms with van der Waals surface area (Å²) in [6.45, 7) is 6.95. The zero-order valence-corrected chi connectivity index (χ0v) is 15.3. The molecule has 3 aliphatic rings. The van der Waals surface area contributed by atoms with E-state index >= 15 is 0 Å². The van der Waals surface area contributed by atoms with E-state index in [9.17, 15) is 0 Å². The number of anilines is 1. The Hall–Kier alpha value is -1.94. The zero-order valence-electron chi connectivity index (χ0n) is 15.3. The lowest BCUT2D eigenvalue weighted by Gasteiger charge is -2.51. The van der Waals surface area contributed by atoms with Crippen LogP contribution >= 0.6 is 0 Å². The molecule has 9 heteroatoms. The van der Waals surface area contributed by atoms with Crippen molar-refractivity contribution in [2.24, 2.45) is 4.99 Å². The fourth-order valence-electron chi connectivity index (χ4n) is 3.70. The van der Waals surface area contributed by atoms with Crippen LogP contribution in [0.2, 0.25) is 0 Å². The lowest BCUT2D eigenvalue weighted by atomic mass is 10.1. The molecule has 1 aromatic heterocycles. The van der Waals surface area contributed by atoms with Gasteiger partial charge in [-0.05, 0) is 24.7 Å². The maximum atomic E-state index is 5.97. The normalized spacial score (nSPS) is 26.0. The van der Waals surface area contributed by atoms with Gasteiger partial charge >= 0.3 is 0 Å². The first kappa shape index (κ1) is 17.5. The van der Waals surface area contributed by atoms with Gasteiger partial charge in [-0.3, -0.25) is 9.91 Å². The molecule has 4 heterocycles. The number of pyridine rings is 1. The highest BCUT2D eigenvalue weighted by molar-refractivity contribution is 5.81. The number of nitrogens with two attached hydrogens (primary N) is 1. The molecule has 0 spiro atoms. The summed E-state index contributed by atoms with van der Waals surface area (Å²) in [7, 11) is 2.09. The van der Waals surface area contributed by atoms with Crippen molar-refractivity contribution < 1.29 is 9.47 Å². The molecule has 0 bridgehead atoms. The van der Waals surface area contributed by atoms with E-state index in [4.69, 9.17) is 20.2 Å². The number of hydrogen-bond donors (Lipinski definition) is 1. The minimum atomic E-state index is 0.0220. The molecular formula is C17H27N7O2. The molecule has 0 amide bonds. The molecule has 0 aliphatic carbocycles. The van der Waals surface area contributed by atoms with Crippen LogP contribution in [0.25, 0.3) is 0 Å². The molecule has 0 radical (unpaired) electrons. The van der Waals surface area contributed by atoms with Gasteiger partial charge in [0.1, 0.15) is 12.0 Å². The van der Waals surface area contributed by atoms with Crippen molar-refractivity contribution in [2.75, 3.05) is 72.1 Å². The van der Waals surface area contributed by atoms with E-state index in [-0.39, 0.29) is 6.17 Å². The van der Waals surface area contributed by atoms with Gasteiger partial charge in [-0.15, -0.1) is 0 Å². The topological polar surface area (TPSA) is 82.7 Å². The number of rotatable bonds is 2. The van der Waals surface area contributed by atoms with Gasteiger partial charge in [-0.1, -0.05) is 0 Å². The number of morpholine rings is 2. The van der Waals surface area contributed by atoms with Crippen molar-refractivity contribution in [1.82, 2.24) is 24.8 Å². The molecule has 1 aromatic rings. The van der Waals surface area contributed by atoms with Crippen molar-refractivity contribution in [3.8, 4) is 0 Å². The molecule has 1 atom stereocenters. The Bertz CT molecular complexity index is 644. The molecule has 2 saturated heterocycles. The van der Waals surface area contributed by atoms with Crippen LogP contribution in [0, 0.1) is 0 Å². The van der Waals surface area contributed by atoms with E-state index in [0.717, 1.165) is 64.1 Å². The second-order valence-electron chi connectivity index (χ2n) is 6.75. The maximum absolute atomic E-state index is 5.97. The molecule has 142 valence electrons. The first-order valence-corrected chi connectivity index (χ1v) is 9.15. The number of hydrogen-bond acceptors (Lipinski definition) is 9. The second kappa shape index (κ2) is 7.75. The number of hydrazine groups is 1. The Balaban J connectivity index is 1.71. The number of nitrogen functional groups attached to an aromatic ring is 1. The molecule has 3 aliphatic heterocycles. The summed E-state index contributed by atoms with van der Waals surface area (Å²) in [4.78, 5) is 13.6. The van der Waals surface area contributed by atoms with Gasteiger partial charge in [-0.2, -0.15) is 0 Å². The van der Waals surface area contributed by atoms with Crippen LogP contribution in [-0.4, -0.2) is 97.1 Å². The first-order valence-electron chi connectivity index (χ1n) is 9.15. The Morgan fingerprint density at radius 1 is 1.08 bits per heavy atom. The smallest absolute Gasteiger partial charge is 0.214 e. The summed E-state index contributed by atoms with van der Waals surface area (Å²) in [5.41, 5.74) is 7.09. The lowest BCUT2D eigenvalue weighted by molar-refractivity contribution is -0.116. The van der Waals surface area contributed by atoms with Gasteiger partial charge in [0.15, 0.2) is 0 Å². The van der Waals surface area contributed by atoms with Crippen LogP contribution < -0.4 is 5.73 Å². The fourth-order valence-corrected chi connectivity index (χ4v) is 3.70. The van der Waals surface area contributed by atoms with Gasteiger partial charge in [-0.25, -0.2) is 15.0 Å². The standard InChI is InChI=1S/C17H27N7O2/c1-21-13-20-17(22-4-8-25-9-5-22)24(23-6-10-26-11-7-23)16(21)14-2-3-19-15(18)12-14/h2-3,12,16H,4-11,13H2,1H3,(H2,18,19). The molecule has 1 unspecified atom stereocenters. The summed E-state index contributed by atoms with van der Waals surface area (Å²) in [6.07, 6.45) is 1.80. The van der Waals surface area contributed by atoms with Crippen LogP contribution in [-0.2, 0) is 9.47 Å². The first-order chi connectivity index (χ1) is 12.7. The van der Waals surface area contributed by atoms with Crippen molar-refractivity contribution in [3.63, 3.8) is 0 Å². The molecular weight excluding hydrogens is 334 g/mol. The summed E-state index contributed by atoms with van der Waals surface area (Å²) in [5.74, 6) is 1.54. The predicted molar refractivity (Wildman–Crippen MR) is 98.1 cm³/mol. The predicted octanol–water partition coefficient (Wildman–Crippen LogP) is -0.197. The van der Waals surface area contributed by atoms with E-state index in [1.807, 2.05) is 12.1 Å². The number of nitrogens with zero attached hydrogens (tertiary/aromatic N) is 6. The van der Waals surface area contributed by atoms with Gasteiger partial charge in [0.2, 0.25) is 5.96 Å². The summed E-state index contributed by atoms with van der Waals surface area (Å²) >= 11 is 0. The fraction of sp³-hybridized carbons (Fsp3) is 0.647. The van der Waals surface area contributed by atoms with Crippen LogP contribution in [0.3, 0.4) is 0 Å². The van der Waals surface area contributed by atoms with Gasteiger partial charge in [0.25, 0.3) is 0 Å². The highest BCUT2D eigenvalue weighted by Gasteiger charge is 2.38. The van der Waals surface area contributed by atoms with E-state index < -0.39 is 0 Å². The third-order valence-corrected chi connectivity index (χ3v) is 4.98. The van der Waals surface area contributed by atoms with Gasteiger partial charge in [0, 0.05) is 32.4 Å². The van der Waals surface area contributed by atoms with Crippen LogP contribution in [0.5, 0.6) is 0 Å². The Labute approximate surface area is 153 Å². The quantitative estimate of drug-likeness (QED) is 0.776. The molecule has 2 fully saturated rings. The summed E-state index contributed by atoms with van der Waals surface area (Å²) < 4.78 is 11.1. The Morgan fingerprint density at radius 2 is 1.77 bits per heavy atom. The molecule has 0 aromatic carbocycles. The van der Waals surface area contributed by atoms with Gasteiger partial charge in [0.05, 0.1) is 33.1 Å². The third-order valence-electron chi connectivity index (χ3n) is 4.98. The van der Waals surface area contributed by atoms with E-state index in [0.29, 0.717) is 12.5 Å². The molecule has 26 heavy (non-hydrogen) atoms. The number of guanidine groups is 1. The van der Waals surface area contributed by atoms with Crippen LogP contribution in [0.1, 0.15) is 11.7 Å². The number of aromatic nitrogens is 1. The average Bonchev–Trinajstić information content (AvgIpc) is 2.69. The minimum absolute atomic E-state index is 0.0220. The van der Waals surface area contributed by atoms with E-state index in [2.05, 4.69) is 31.8 Å². The maximum Gasteiger partial charge on any atom is 0.214 e. The van der Waals surface area contributed by atoms with Crippen molar-refractivity contribution in [1.29, 1.82) is 0 Å².